The molecule has 1 aromatic carbocycles. The van der Waals surface area contributed by atoms with Crippen molar-refractivity contribution in [2.24, 2.45) is 0 Å². The number of amides is 1. The van der Waals surface area contributed by atoms with Crippen LogP contribution in [-0.4, -0.2) is 32.6 Å². The number of carbonyl (C=O) groups is 1. The summed E-state index contributed by atoms with van der Waals surface area (Å²) in [6, 6.07) is 8.27. The topological polar surface area (TPSA) is 132 Å². The van der Waals surface area contributed by atoms with Gasteiger partial charge in [0.05, 0.1) is 18.5 Å². The lowest BCUT2D eigenvalue weighted by atomic mass is 10.1. The smallest absolute Gasteiger partial charge is 0.275 e. The third kappa shape index (κ3) is 5.11. The number of rotatable bonds is 7. The number of methoxy groups -OCH3 is 1. The molecule has 0 saturated carbocycles. The van der Waals surface area contributed by atoms with Gasteiger partial charge in [0.2, 0.25) is 4.96 Å². The van der Waals surface area contributed by atoms with Crippen molar-refractivity contribution in [2.45, 2.75) is 20.5 Å². The molecule has 0 saturated heterocycles. The molecule has 12 heteroatoms. The van der Waals surface area contributed by atoms with E-state index in [1.807, 2.05) is 13.0 Å². The Labute approximate surface area is 201 Å². The molecule has 0 aliphatic heterocycles. The Bertz CT molecular complexity index is 1510. The number of hydrogen-bond acceptors (Lipinski definition) is 10. The molecule has 34 heavy (non-hydrogen) atoms. The van der Waals surface area contributed by atoms with Crippen LogP contribution in [0.25, 0.3) is 11.0 Å². The second-order valence-corrected chi connectivity index (χ2v) is 9.04. The first-order valence-corrected chi connectivity index (χ1v) is 11.6. The van der Waals surface area contributed by atoms with Gasteiger partial charge < -0.3 is 9.47 Å². The van der Waals surface area contributed by atoms with Crippen molar-refractivity contribution in [1.82, 2.24) is 19.6 Å². The summed E-state index contributed by atoms with van der Waals surface area (Å²) in [6.07, 6.45) is 1.45. The molecule has 4 rings (SSSR count). The molecule has 0 radical (unpaired) electrons. The summed E-state index contributed by atoms with van der Waals surface area (Å²) in [4.78, 5) is 33.7. The van der Waals surface area contributed by atoms with E-state index in [4.69, 9.17) is 9.47 Å². The highest BCUT2D eigenvalue weighted by Crippen LogP contribution is 2.30. The van der Waals surface area contributed by atoms with E-state index in [2.05, 4.69) is 20.4 Å². The molecule has 0 unspecified atom stereocenters. The van der Waals surface area contributed by atoms with Crippen LogP contribution in [0.1, 0.15) is 22.0 Å². The van der Waals surface area contributed by atoms with Gasteiger partial charge in [-0.25, -0.2) is 9.97 Å². The predicted octanol–water partition coefficient (Wildman–Crippen LogP) is 3.36. The zero-order valence-electron chi connectivity index (χ0n) is 18.4. The number of benzene rings is 1. The third-order valence-electron chi connectivity index (χ3n) is 4.48. The molecular weight excluding hydrogens is 476 g/mol. The van der Waals surface area contributed by atoms with Crippen LogP contribution in [0.2, 0.25) is 0 Å². The van der Waals surface area contributed by atoms with E-state index in [9.17, 15) is 14.9 Å². The highest BCUT2D eigenvalue weighted by Gasteiger charge is 2.13. The fraction of sp³-hybridized carbons (Fsp3) is 0.182. The first-order valence-electron chi connectivity index (χ1n) is 9.89. The summed E-state index contributed by atoms with van der Waals surface area (Å²) >= 11 is 2.60. The van der Waals surface area contributed by atoms with E-state index in [-0.39, 0.29) is 17.7 Å². The molecule has 0 aliphatic rings. The van der Waals surface area contributed by atoms with Crippen molar-refractivity contribution in [3.8, 4) is 17.6 Å². The number of nitriles is 1. The molecule has 0 atom stereocenters. The van der Waals surface area contributed by atoms with Gasteiger partial charge in [-0.15, -0.1) is 11.3 Å². The Morgan fingerprint density at radius 2 is 2.09 bits per heavy atom. The first kappa shape index (κ1) is 23.1. The van der Waals surface area contributed by atoms with Crippen LogP contribution in [0.5, 0.6) is 11.5 Å². The van der Waals surface area contributed by atoms with Crippen LogP contribution >= 0.6 is 22.7 Å². The fourth-order valence-electron chi connectivity index (χ4n) is 2.96. The lowest BCUT2D eigenvalue weighted by Gasteiger charge is -2.11. The molecule has 0 fully saturated rings. The maximum Gasteiger partial charge on any atom is 0.275 e. The molecule has 3 aromatic heterocycles. The van der Waals surface area contributed by atoms with E-state index in [0.717, 1.165) is 10.7 Å². The number of hydrogen-bond donors (Lipinski definition) is 1. The van der Waals surface area contributed by atoms with Crippen molar-refractivity contribution in [3.05, 3.63) is 67.5 Å². The van der Waals surface area contributed by atoms with Gasteiger partial charge in [-0.05, 0) is 37.6 Å². The Morgan fingerprint density at radius 3 is 2.79 bits per heavy atom. The number of carbonyl (C=O) groups excluding carboxylic acids is 1. The van der Waals surface area contributed by atoms with Crippen LogP contribution in [0, 0.1) is 25.2 Å². The quantitative estimate of drug-likeness (QED) is 0.306. The normalized spacial score (nSPS) is 11.3. The molecule has 172 valence electrons. The number of aromatic nitrogens is 4. The molecule has 10 nitrogen and oxygen atoms in total. The number of thiazole rings is 1. The minimum Gasteiger partial charge on any atom is -0.493 e. The summed E-state index contributed by atoms with van der Waals surface area (Å²) in [5.74, 6) is 0.263. The second kappa shape index (κ2) is 9.82. The predicted molar refractivity (Wildman–Crippen MR) is 128 cm³/mol. The van der Waals surface area contributed by atoms with Gasteiger partial charge in [0.25, 0.3) is 11.5 Å². The minimum absolute atomic E-state index is 0.0489. The molecular formula is C22H18N6O4S2. The average Bonchev–Trinajstić information content (AvgIpc) is 3.40. The summed E-state index contributed by atoms with van der Waals surface area (Å²) in [5.41, 5.74) is 1.45. The first-order chi connectivity index (χ1) is 16.4. The van der Waals surface area contributed by atoms with Gasteiger partial charge in [0.1, 0.15) is 23.3 Å². The van der Waals surface area contributed by atoms with Gasteiger partial charge in [0, 0.05) is 11.4 Å². The number of ether oxygens (including phenoxy) is 2. The molecule has 1 N–H and O–H groups in total. The Morgan fingerprint density at radius 1 is 1.26 bits per heavy atom. The molecule has 0 bridgehead atoms. The van der Waals surface area contributed by atoms with Crippen LogP contribution in [0.15, 0.2) is 40.0 Å². The van der Waals surface area contributed by atoms with E-state index in [1.54, 1.807) is 30.5 Å². The monoisotopic (exact) mass is 494 g/mol. The Hall–Kier alpha value is -4.08. The highest BCUT2D eigenvalue weighted by atomic mass is 32.1. The van der Waals surface area contributed by atoms with Crippen molar-refractivity contribution >= 4 is 44.7 Å². The second-order valence-electron chi connectivity index (χ2n) is 7.02. The minimum atomic E-state index is -0.554. The van der Waals surface area contributed by atoms with Crippen molar-refractivity contribution in [3.63, 3.8) is 0 Å². The van der Waals surface area contributed by atoms with E-state index >= 15 is 0 Å². The number of anilines is 1. The van der Waals surface area contributed by atoms with Crippen LogP contribution in [0.3, 0.4) is 0 Å². The van der Waals surface area contributed by atoms with Crippen molar-refractivity contribution < 1.29 is 14.3 Å². The molecule has 1 amide bonds. The number of aryl methyl sites for hydroxylation is 2. The molecule has 3 heterocycles. The number of nitrogens with one attached hydrogen (secondary N) is 1. The van der Waals surface area contributed by atoms with Gasteiger partial charge >= 0.3 is 0 Å². The zero-order chi connectivity index (χ0) is 24.2. The molecule has 0 aliphatic carbocycles. The van der Waals surface area contributed by atoms with Crippen LogP contribution in [-0.2, 0) is 11.4 Å². The average molecular weight is 495 g/mol. The van der Waals surface area contributed by atoms with Crippen molar-refractivity contribution in [1.29, 1.82) is 5.26 Å². The summed E-state index contributed by atoms with van der Waals surface area (Å²) in [6.45, 7) is 3.67. The van der Waals surface area contributed by atoms with Gasteiger partial charge in [-0.3, -0.25) is 14.9 Å². The van der Waals surface area contributed by atoms with Crippen LogP contribution < -0.4 is 20.3 Å². The summed E-state index contributed by atoms with van der Waals surface area (Å²) < 4.78 is 12.5. The van der Waals surface area contributed by atoms with Gasteiger partial charge in [-0.2, -0.15) is 14.9 Å². The largest absolute Gasteiger partial charge is 0.493 e. The third-order valence-corrected chi connectivity index (χ3v) is 6.18. The Kier molecular flexibility index (Phi) is 6.67. The lowest BCUT2D eigenvalue weighted by Crippen LogP contribution is -2.16. The van der Waals surface area contributed by atoms with E-state index in [1.165, 1.54) is 46.4 Å². The van der Waals surface area contributed by atoms with Crippen molar-refractivity contribution in [2.75, 3.05) is 12.4 Å². The lowest BCUT2D eigenvalue weighted by molar-refractivity contribution is -0.112. The number of fused-ring (bicyclic) bond motifs is 1. The SMILES string of the molecule is COc1cc(C=C(C#N)C(=O)Nc2nc(C)cs2)ccc1OCc1cc(=O)n2nc(C)sc2n1. The number of nitrogens with zero attached hydrogens (tertiary/aromatic N) is 5. The standard InChI is InChI=1S/C22H18N6O4S2/c1-12-11-33-21(24-12)26-20(30)15(9-23)6-14-4-5-17(18(7-14)31-3)32-10-16-8-19(29)28-22(25-16)34-13(2)27-28/h4-8,11H,10H2,1-3H3,(H,24,26,30). The van der Waals surface area contributed by atoms with Crippen LogP contribution in [0.4, 0.5) is 5.13 Å². The maximum absolute atomic E-state index is 12.4. The van der Waals surface area contributed by atoms with E-state index in [0.29, 0.717) is 32.8 Å². The molecule has 0 spiro atoms. The highest BCUT2D eigenvalue weighted by molar-refractivity contribution is 7.16. The fourth-order valence-corrected chi connectivity index (χ4v) is 4.41. The van der Waals surface area contributed by atoms with Gasteiger partial charge in [0.15, 0.2) is 16.6 Å². The summed E-state index contributed by atoms with van der Waals surface area (Å²) in [5, 5.41) is 19.1. The summed E-state index contributed by atoms with van der Waals surface area (Å²) in [7, 11) is 1.48. The zero-order valence-corrected chi connectivity index (χ0v) is 20.0. The van der Waals surface area contributed by atoms with E-state index < -0.39 is 5.91 Å². The Balaban J connectivity index is 1.51. The van der Waals surface area contributed by atoms with Gasteiger partial charge in [-0.1, -0.05) is 17.4 Å². The molecule has 4 aromatic rings. The maximum atomic E-state index is 12.4.